The molecular weight excluding hydrogens is 306 g/mol. The van der Waals surface area contributed by atoms with Crippen molar-refractivity contribution in [2.75, 3.05) is 0 Å². The molecule has 3 unspecified atom stereocenters. The van der Waals surface area contributed by atoms with Gasteiger partial charge in [-0.05, 0) is 45.2 Å². The molecule has 1 heterocycles. The van der Waals surface area contributed by atoms with E-state index in [0.717, 1.165) is 41.7 Å². The van der Waals surface area contributed by atoms with Crippen LogP contribution in [0.25, 0.3) is 0 Å². The van der Waals surface area contributed by atoms with Gasteiger partial charge in [-0.1, -0.05) is 30.5 Å². The van der Waals surface area contributed by atoms with Gasteiger partial charge in [0.1, 0.15) is 11.8 Å². The maximum Gasteiger partial charge on any atom is 0.334 e. The fraction of sp³-hybridized carbons (Fsp3) is 0.526. The van der Waals surface area contributed by atoms with Gasteiger partial charge in [-0.3, -0.25) is 14.5 Å². The van der Waals surface area contributed by atoms with E-state index in [-0.39, 0.29) is 23.7 Å². The van der Waals surface area contributed by atoms with E-state index in [1.807, 2.05) is 26.0 Å². The number of carbonyl (C=O) groups is 3. The predicted octanol–water partition coefficient (Wildman–Crippen LogP) is 2.77. The first-order valence-corrected chi connectivity index (χ1v) is 8.56. The van der Waals surface area contributed by atoms with Crippen LogP contribution in [-0.2, 0) is 14.4 Å². The first-order valence-electron chi connectivity index (χ1n) is 8.56. The molecule has 0 spiro atoms. The zero-order chi connectivity index (χ0) is 17.4. The first-order chi connectivity index (χ1) is 11.4. The summed E-state index contributed by atoms with van der Waals surface area (Å²) in [5.74, 6) is -1.02. The fourth-order valence-corrected chi connectivity index (χ4v) is 3.78. The van der Waals surface area contributed by atoms with Crippen molar-refractivity contribution in [3.8, 4) is 5.75 Å². The molecule has 1 aliphatic carbocycles. The zero-order valence-electron chi connectivity index (χ0n) is 14.4. The van der Waals surface area contributed by atoms with Gasteiger partial charge in [0.05, 0.1) is 11.8 Å². The van der Waals surface area contributed by atoms with E-state index in [0.29, 0.717) is 5.75 Å². The van der Waals surface area contributed by atoms with E-state index >= 15 is 0 Å². The molecule has 2 aliphatic rings. The third kappa shape index (κ3) is 2.83. The van der Waals surface area contributed by atoms with Crippen molar-refractivity contribution in [1.82, 2.24) is 4.90 Å². The third-order valence-electron chi connectivity index (χ3n) is 5.14. The lowest BCUT2D eigenvalue weighted by Gasteiger charge is -2.22. The molecule has 2 fully saturated rings. The Morgan fingerprint density at radius 2 is 1.71 bits per heavy atom. The summed E-state index contributed by atoms with van der Waals surface area (Å²) in [4.78, 5) is 38.7. The summed E-state index contributed by atoms with van der Waals surface area (Å²) in [5.41, 5.74) is 1.93. The number of esters is 1. The Morgan fingerprint density at radius 3 is 2.25 bits per heavy atom. The number of benzene rings is 1. The van der Waals surface area contributed by atoms with Crippen molar-refractivity contribution < 1.29 is 19.1 Å². The van der Waals surface area contributed by atoms with Crippen LogP contribution in [0.15, 0.2) is 18.2 Å². The molecule has 0 radical (unpaired) electrons. The van der Waals surface area contributed by atoms with E-state index in [1.54, 1.807) is 13.0 Å². The molecule has 1 saturated carbocycles. The Balaban J connectivity index is 1.75. The van der Waals surface area contributed by atoms with Crippen LogP contribution in [0.3, 0.4) is 0 Å². The summed E-state index contributed by atoms with van der Waals surface area (Å²) in [7, 11) is 0. The number of fused-ring (bicyclic) bond motifs is 1. The van der Waals surface area contributed by atoms with Crippen LogP contribution in [-0.4, -0.2) is 28.7 Å². The van der Waals surface area contributed by atoms with Crippen molar-refractivity contribution in [2.45, 2.75) is 52.5 Å². The number of hydrogen-bond acceptors (Lipinski definition) is 4. The van der Waals surface area contributed by atoms with Crippen molar-refractivity contribution in [1.29, 1.82) is 0 Å². The van der Waals surface area contributed by atoms with E-state index in [4.69, 9.17) is 4.74 Å². The van der Waals surface area contributed by atoms with Gasteiger partial charge in [0, 0.05) is 0 Å². The molecule has 3 atom stereocenters. The highest BCUT2D eigenvalue weighted by Gasteiger charge is 2.51. The van der Waals surface area contributed by atoms with Crippen LogP contribution in [0.5, 0.6) is 5.75 Å². The summed E-state index contributed by atoms with van der Waals surface area (Å²) in [5, 5.41) is 0. The monoisotopic (exact) mass is 329 g/mol. The van der Waals surface area contributed by atoms with E-state index in [1.165, 1.54) is 0 Å². The normalized spacial score (nSPS) is 24.7. The molecule has 1 saturated heterocycles. The van der Waals surface area contributed by atoms with Crippen molar-refractivity contribution in [3.05, 3.63) is 29.3 Å². The number of amides is 2. The van der Waals surface area contributed by atoms with Gasteiger partial charge in [0.2, 0.25) is 11.8 Å². The second-order valence-corrected chi connectivity index (χ2v) is 6.91. The quantitative estimate of drug-likeness (QED) is 0.486. The molecule has 5 heteroatoms. The molecule has 1 aliphatic heterocycles. The molecule has 1 aromatic carbocycles. The summed E-state index contributed by atoms with van der Waals surface area (Å²) in [6.45, 7) is 5.39. The topological polar surface area (TPSA) is 63.7 Å². The Labute approximate surface area is 142 Å². The SMILES string of the molecule is Cc1ccc(OC(=O)C(C)N2C(=O)C3CCCCC3C2=O)c(C)c1. The zero-order valence-corrected chi connectivity index (χ0v) is 14.4. The molecule has 3 rings (SSSR count). The highest BCUT2D eigenvalue weighted by Crippen LogP contribution is 2.39. The Morgan fingerprint density at radius 1 is 1.12 bits per heavy atom. The molecule has 2 amide bonds. The number of aryl methyl sites for hydroxylation is 2. The smallest absolute Gasteiger partial charge is 0.334 e. The van der Waals surface area contributed by atoms with E-state index in [9.17, 15) is 14.4 Å². The van der Waals surface area contributed by atoms with Gasteiger partial charge in [0.25, 0.3) is 0 Å². The van der Waals surface area contributed by atoms with Crippen LogP contribution in [0.1, 0.15) is 43.7 Å². The van der Waals surface area contributed by atoms with Crippen molar-refractivity contribution in [3.63, 3.8) is 0 Å². The van der Waals surface area contributed by atoms with Crippen LogP contribution in [0.2, 0.25) is 0 Å². The minimum Gasteiger partial charge on any atom is -0.425 e. The Hall–Kier alpha value is -2.17. The third-order valence-corrected chi connectivity index (χ3v) is 5.14. The molecule has 128 valence electrons. The standard InChI is InChI=1S/C19H23NO4/c1-11-8-9-16(12(2)10-11)24-19(23)13(3)20-17(21)14-6-4-5-7-15(14)18(20)22/h8-10,13-15H,4-7H2,1-3H3. The second-order valence-electron chi connectivity index (χ2n) is 6.91. The minimum atomic E-state index is -0.892. The number of rotatable bonds is 3. The number of carbonyl (C=O) groups excluding carboxylic acids is 3. The average Bonchev–Trinajstić information content (AvgIpc) is 2.81. The second kappa shape index (κ2) is 6.38. The molecule has 24 heavy (non-hydrogen) atoms. The van der Waals surface area contributed by atoms with Crippen molar-refractivity contribution >= 4 is 17.8 Å². The maximum atomic E-state index is 12.6. The van der Waals surface area contributed by atoms with Gasteiger partial charge in [-0.15, -0.1) is 0 Å². The number of nitrogens with zero attached hydrogens (tertiary/aromatic N) is 1. The minimum absolute atomic E-state index is 0.213. The number of hydrogen-bond donors (Lipinski definition) is 0. The predicted molar refractivity (Wildman–Crippen MR) is 88.3 cm³/mol. The van der Waals surface area contributed by atoms with Crippen molar-refractivity contribution in [2.24, 2.45) is 11.8 Å². The Kier molecular flexibility index (Phi) is 4.43. The van der Waals surface area contributed by atoms with Crippen LogP contribution in [0, 0.1) is 25.7 Å². The largest absolute Gasteiger partial charge is 0.425 e. The maximum absolute atomic E-state index is 12.6. The molecule has 0 N–H and O–H groups in total. The van der Waals surface area contributed by atoms with Crippen LogP contribution < -0.4 is 4.74 Å². The number of imide groups is 1. The highest BCUT2D eigenvalue weighted by molar-refractivity contribution is 6.07. The molecular formula is C19H23NO4. The van der Waals surface area contributed by atoms with Gasteiger partial charge in [0.15, 0.2) is 0 Å². The van der Waals surface area contributed by atoms with Crippen LogP contribution in [0.4, 0.5) is 0 Å². The lowest BCUT2D eigenvalue weighted by atomic mass is 9.81. The highest BCUT2D eigenvalue weighted by atomic mass is 16.5. The molecule has 1 aromatic rings. The fourth-order valence-electron chi connectivity index (χ4n) is 3.78. The van der Waals surface area contributed by atoms with Gasteiger partial charge in [-0.2, -0.15) is 0 Å². The van der Waals surface area contributed by atoms with E-state index in [2.05, 4.69) is 0 Å². The molecule has 0 bridgehead atoms. The summed E-state index contributed by atoms with van der Waals surface area (Å²) >= 11 is 0. The van der Waals surface area contributed by atoms with Gasteiger partial charge < -0.3 is 4.74 Å². The summed E-state index contributed by atoms with van der Waals surface area (Å²) < 4.78 is 5.44. The van der Waals surface area contributed by atoms with Gasteiger partial charge >= 0.3 is 5.97 Å². The lowest BCUT2D eigenvalue weighted by Crippen LogP contribution is -2.45. The number of likely N-dealkylation sites (tertiary alicyclic amines) is 1. The molecule has 5 nitrogen and oxygen atoms in total. The number of ether oxygens (including phenoxy) is 1. The average molecular weight is 329 g/mol. The van der Waals surface area contributed by atoms with Crippen LogP contribution >= 0.6 is 0 Å². The lowest BCUT2D eigenvalue weighted by molar-refractivity contribution is -0.152. The van der Waals surface area contributed by atoms with Gasteiger partial charge in [-0.25, -0.2) is 4.79 Å². The first kappa shape index (κ1) is 16.7. The summed E-state index contributed by atoms with van der Waals surface area (Å²) in [6, 6.07) is 4.63. The molecule has 0 aromatic heterocycles. The Bertz CT molecular complexity index is 673. The van der Waals surface area contributed by atoms with E-state index < -0.39 is 12.0 Å². The summed E-state index contributed by atoms with van der Waals surface area (Å²) in [6.07, 6.45) is 3.42.